The molecule has 0 spiro atoms. The minimum Gasteiger partial charge on any atom is -0.496 e. The fourth-order valence-corrected chi connectivity index (χ4v) is 5.25. The van der Waals surface area contributed by atoms with E-state index in [2.05, 4.69) is 0 Å². The van der Waals surface area contributed by atoms with Gasteiger partial charge in [-0.3, -0.25) is 14.4 Å². The molecule has 3 aromatic carbocycles. The van der Waals surface area contributed by atoms with Crippen molar-refractivity contribution < 1.29 is 27.6 Å². The number of ether oxygens (including phenoxy) is 2. The van der Waals surface area contributed by atoms with Gasteiger partial charge in [-0.15, -0.1) is 0 Å². The maximum Gasteiger partial charge on any atom is 0.342 e. The van der Waals surface area contributed by atoms with Gasteiger partial charge in [-0.25, -0.2) is 13.2 Å². The molecule has 0 unspecified atom stereocenters. The number of methoxy groups -OCH3 is 1. The smallest absolute Gasteiger partial charge is 0.342 e. The van der Waals surface area contributed by atoms with E-state index in [9.17, 15) is 23.3 Å². The van der Waals surface area contributed by atoms with E-state index in [0.717, 1.165) is 5.56 Å². The van der Waals surface area contributed by atoms with Crippen LogP contribution < -0.4 is 9.04 Å². The zero-order valence-corrected chi connectivity index (χ0v) is 18.4. The number of hydrogen-bond donors (Lipinski definition) is 0. The zero-order valence-electron chi connectivity index (χ0n) is 17.6. The predicted molar refractivity (Wildman–Crippen MR) is 120 cm³/mol. The number of hydrogen-bond acceptors (Lipinski definition) is 7. The van der Waals surface area contributed by atoms with E-state index in [4.69, 9.17) is 9.47 Å². The van der Waals surface area contributed by atoms with E-state index in [1.54, 1.807) is 18.2 Å². The Kier molecular flexibility index (Phi) is 6.01. The molecule has 1 heterocycles. The number of carbonyl (C=O) groups excluding carboxylic acids is 1. The van der Waals surface area contributed by atoms with Crippen LogP contribution in [0.25, 0.3) is 0 Å². The first-order valence-corrected chi connectivity index (χ1v) is 11.4. The molecule has 0 aromatic heterocycles. The highest BCUT2D eigenvalue weighted by atomic mass is 32.2. The third-order valence-electron chi connectivity index (χ3n) is 5.37. The average molecular weight is 468 g/mol. The first kappa shape index (κ1) is 22.3. The van der Waals surface area contributed by atoms with E-state index in [-0.39, 0.29) is 34.1 Å². The number of carbonyl (C=O) groups is 1. The van der Waals surface area contributed by atoms with Crippen LogP contribution in [0.2, 0.25) is 0 Å². The van der Waals surface area contributed by atoms with Crippen molar-refractivity contribution in [2.45, 2.75) is 17.9 Å². The van der Waals surface area contributed by atoms with Crippen LogP contribution in [0.3, 0.4) is 0 Å². The fourth-order valence-electron chi connectivity index (χ4n) is 3.72. The Hall–Kier alpha value is -3.92. The molecule has 33 heavy (non-hydrogen) atoms. The molecule has 0 amide bonds. The molecule has 3 aromatic rings. The fraction of sp³-hybridized carbons (Fsp3) is 0.174. The van der Waals surface area contributed by atoms with Crippen molar-refractivity contribution in [1.29, 1.82) is 0 Å². The number of esters is 1. The van der Waals surface area contributed by atoms with E-state index < -0.39 is 20.9 Å². The van der Waals surface area contributed by atoms with Crippen molar-refractivity contribution in [2.24, 2.45) is 0 Å². The number of benzene rings is 3. The summed E-state index contributed by atoms with van der Waals surface area (Å²) in [5.41, 5.74) is 1.48. The number of nitrogens with zero attached hydrogens (tertiary/aromatic N) is 2. The van der Waals surface area contributed by atoms with Gasteiger partial charge in [-0.1, -0.05) is 30.3 Å². The third-order valence-corrected chi connectivity index (χ3v) is 7.18. The lowest BCUT2D eigenvalue weighted by molar-refractivity contribution is -0.385. The van der Waals surface area contributed by atoms with Crippen LogP contribution in [-0.2, 0) is 27.8 Å². The zero-order chi connectivity index (χ0) is 23.6. The van der Waals surface area contributed by atoms with Crippen molar-refractivity contribution >= 4 is 27.4 Å². The van der Waals surface area contributed by atoms with Crippen LogP contribution in [0.15, 0.2) is 71.6 Å². The molecule has 170 valence electrons. The highest BCUT2D eigenvalue weighted by Gasteiger charge is 2.32. The Bertz CT molecular complexity index is 1340. The van der Waals surface area contributed by atoms with Gasteiger partial charge in [0.1, 0.15) is 17.9 Å². The molecule has 0 atom stereocenters. The molecule has 0 saturated heterocycles. The van der Waals surface area contributed by atoms with Gasteiger partial charge in [0, 0.05) is 12.6 Å². The van der Waals surface area contributed by atoms with Crippen molar-refractivity contribution in [2.75, 3.05) is 18.0 Å². The number of nitro groups is 1. The van der Waals surface area contributed by atoms with Crippen molar-refractivity contribution in [1.82, 2.24) is 0 Å². The minimum absolute atomic E-state index is 0.0855. The summed E-state index contributed by atoms with van der Waals surface area (Å²) < 4.78 is 38.4. The molecule has 9 nitrogen and oxygen atoms in total. The van der Waals surface area contributed by atoms with Gasteiger partial charge >= 0.3 is 5.97 Å². The van der Waals surface area contributed by atoms with Crippen molar-refractivity contribution in [3.05, 3.63) is 93.5 Å². The summed E-state index contributed by atoms with van der Waals surface area (Å²) in [6.45, 7) is -0.0548. The van der Waals surface area contributed by atoms with Gasteiger partial charge in [0.05, 0.1) is 28.2 Å². The lowest BCUT2D eigenvalue weighted by atomic mass is 10.2. The summed E-state index contributed by atoms with van der Waals surface area (Å²) in [5, 5.41) is 11.2. The summed E-state index contributed by atoms with van der Waals surface area (Å²) in [5.74, 6) is -0.729. The van der Waals surface area contributed by atoms with Gasteiger partial charge in [-0.05, 0) is 42.3 Å². The lowest BCUT2D eigenvalue weighted by Crippen LogP contribution is -2.29. The molecule has 0 bridgehead atoms. The maximum absolute atomic E-state index is 13.3. The molecule has 0 fully saturated rings. The topological polar surface area (TPSA) is 116 Å². The summed E-state index contributed by atoms with van der Waals surface area (Å²) in [6.07, 6.45) is 0.594. The summed E-state index contributed by atoms with van der Waals surface area (Å²) in [6, 6.07) is 17.1. The van der Waals surface area contributed by atoms with Gasteiger partial charge in [0.15, 0.2) is 0 Å². The van der Waals surface area contributed by atoms with Crippen LogP contribution in [0.5, 0.6) is 5.75 Å². The largest absolute Gasteiger partial charge is 0.496 e. The van der Waals surface area contributed by atoms with Gasteiger partial charge in [-0.2, -0.15) is 0 Å². The van der Waals surface area contributed by atoms with Crippen LogP contribution in [0, 0.1) is 10.1 Å². The third kappa shape index (κ3) is 4.24. The molecule has 0 aliphatic carbocycles. The molecular formula is C23H20N2O7S. The van der Waals surface area contributed by atoms with Crippen LogP contribution in [0.4, 0.5) is 11.4 Å². The second-order valence-corrected chi connectivity index (χ2v) is 9.14. The Morgan fingerprint density at radius 3 is 2.58 bits per heavy atom. The van der Waals surface area contributed by atoms with Crippen molar-refractivity contribution in [3.63, 3.8) is 0 Å². The number of nitro benzene ring substituents is 1. The predicted octanol–water partition coefficient (Wildman–Crippen LogP) is 3.71. The summed E-state index contributed by atoms with van der Waals surface area (Å²) in [7, 11) is -2.59. The Morgan fingerprint density at radius 2 is 1.82 bits per heavy atom. The van der Waals surface area contributed by atoms with Crippen molar-refractivity contribution in [3.8, 4) is 5.75 Å². The number of rotatable bonds is 7. The van der Waals surface area contributed by atoms with Crippen LogP contribution in [-0.4, -0.2) is 33.0 Å². The van der Waals surface area contributed by atoms with E-state index in [1.165, 1.54) is 47.8 Å². The van der Waals surface area contributed by atoms with Crippen LogP contribution in [0.1, 0.15) is 21.5 Å². The molecule has 1 aliphatic rings. The number of sulfonamides is 1. The first-order valence-electron chi connectivity index (χ1n) is 10.0. The minimum atomic E-state index is -3.94. The summed E-state index contributed by atoms with van der Waals surface area (Å²) >= 11 is 0. The van der Waals surface area contributed by atoms with Crippen LogP contribution >= 0.6 is 0 Å². The Balaban J connectivity index is 1.62. The lowest BCUT2D eigenvalue weighted by Gasteiger charge is -2.20. The Morgan fingerprint density at radius 1 is 1.09 bits per heavy atom. The SMILES string of the molecule is COc1ccc(S(=O)(=O)N2CCc3ccccc32)cc1C(=O)OCc1ccccc1[N+](=O)[O-]. The number of anilines is 1. The molecule has 1 aliphatic heterocycles. The monoisotopic (exact) mass is 468 g/mol. The second kappa shape index (κ2) is 8.91. The van der Waals surface area contributed by atoms with Gasteiger partial charge < -0.3 is 9.47 Å². The highest BCUT2D eigenvalue weighted by molar-refractivity contribution is 7.92. The van der Waals surface area contributed by atoms with E-state index >= 15 is 0 Å². The van der Waals surface area contributed by atoms with E-state index in [1.807, 2.05) is 12.1 Å². The quantitative estimate of drug-likeness (QED) is 0.295. The number of fused-ring (bicyclic) bond motifs is 1. The first-order chi connectivity index (χ1) is 15.8. The highest BCUT2D eigenvalue weighted by Crippen LogP contribution is 2.34. The maximum atomic E-state index is 13.3. The molecule has 0 saturated carbocycles. The molecule has 0 N–H and O–H groups in total. The number of para-hydroxylation sites is 2. The Labute approximate surface area is 190 Å². The van der Waals surface area contributed by atoms with Gasteiger partial charge in [0.2, 0.25) is 0 Å². The van der Waals surface area contributed by atoms with Gasteiger partial charge in [0.25, 0.3) is 15.7 Å². The molecular weight excluding hydrogens is 448 g/mol. The standard InChI is InChI=1S/C23H20N2O7S/c1-31-22-11-10-18(33(29,30)24-13-12-16-6-2-4-8-20(16)24)14-19(22)23(26)32-15-17-7-3-5-9-21(17)25(27)28/h2-11,14H,12-13,15H2,1H3. The molecule has 0 radical (unpaired) electrons. The second-order valence-electron chi connectivity index (χ2n) is 7.28. The molecule has 10 heteroatoms. The normalized spacial score (nSPS) is 12.8. The molecule has 4 rings (SSSR count). The average Bonchev–Trinajstić information content (AvgIpc) is 3.27. The van der Waals surface area contributed by atoms with E-state index in [0.29, 0.717) is 18.7 Å². The summed E-state index contributed by atoms with van der Waals surface area (Å²) in [4.78, 5) is 23.3.